The van der Waals surface area contributed by atoms with E-state index in [0.717, 1.165) is 38.2 Å². The highest BCUT2D eigenvalue weighted by Crippen LogP contribution is 2.34. The molecule has 1 saturated heterocycles. The highest BCUT2D eigenvalue weighted by Gasteiger charge is 2.22. The van der Waals surface area contributed by atoms with Gasteiger partial charge in [-0.15, -0.1) is 0 Å². The van der Waals surface area contributed by atoms with Crippen molar-refractivity contribution < 1.29 is 23.7 Å². The normalized spacial score (nSPS) is 14.7. The summed E-state index contributed by atoms with van der Waals surface area (Å²) < 4.78 is 21.2. The van der Waals surface area contributed by atoms with E-state index in [1.165, 1.54) is 12.7 Å². The number of methoxy groups -OCH3 is 4. The number of carbonyl (C=O) groups excluding carboxylic acids is 1. The Hall–Kier alpha value is -2.93. The summed E-state index contributed by atoms with van der Waals surface area (Å²) in [4.78, 5) is 15.2. The fourth-order valence-electron chi connectivity index (χ4n) is 3.88. The molecule has 0 unspecified atom stereocenters. The van der Waals surface area contributed by atoms with E-state index in [-0.39, 0.29) is 5.91 Å². The Morgan fingerprint density at radius 2 is 1.52 bits per heavy atom. The summed E-state index contributed by atoms with van der Waals surface area (Å²) in [7, 11) is 6.32. The molecule has 0 radical (unpaired) electrons. The minimum atomic E-state index is -0.168. The maximum atomic E-state index is 12.8. The number of amides is 1. The number of nitrogens with zero attached hydrogens (tertiary/aromatic N) is 1. The van der Waals surface area contributed by atoms with Gasteiger partial charge in [0.2, 0.25) is 0 Å². The van der Waals surface area contributed by atoms with E-state index in [1.54, 1.807) is 33.5 Å². The van der Waals surface area contributed by atoms with Crippen LogP contribution in [0.3, 0.4) is 0 Å². The van der Waals surface area contributed by atoms with Crippen LogP contribution in [0.4, 0.5) is 0 Å². The molecule has 1 fully saturated rings. The van der Waals surface area contributed by atoms with Crippen LogP contribution in [0, 0.1) is 5.92 Å². The van der Waals surface area contributed by atoms with Gasteiger partial charge >= 0.3 is 0 Å². The van der Waals surface area contributed by atoms with E-state index in [2.05, 4.69) is 22.3 Å². The zero-order valence-electron chi connectivity index (χ0n) is 18.8. The quantitative estimate of drug-likeness (QED) is 0.661. The van der Waals surface area contributed by atoms with Gasteiger partial charge in [0, 0.05) is 25.2 Å². The number of benzene rings is 2. The molecule has 7 nitrogen and oxygen atoms in total. The number of nitrogens with one attached hydrogen (secondary N) is 1. The monoisotopic (exact) mass is 428 g/mol. The second kappa shape index (κ2) is 10.9. The first-order valence-electron chi connectivity index (χ1n) is 10.5. The molecule has 168 valence electrons. The molecule has 7 heteroatoms. The fourth-order valence-corrected chi connectivity index (χ4v) is 3.88. The number of ether oxygens (including phenoxy) is 4. The number of rotatable bonds is 9. The number of piperidine rings is 1. The lowest BCUT2D eigenvalue weighted by Crippen LogP contribution is -2.38. The predicted molar refractivity (Wildman–Crippen MR) is 119 cm³/mol. The number of likely N-dealkylation sites (tertiary alicyclic amines) is 1. The van der Waals surface area contributed by atoms with Gasteiger partial charge in [0.1, 0.15) is 11.5 Å². The van der Waals surface area contributed by atoms with Gasteiger partial charge in [0.25, 0.3) is 5.91 Å². The van der Waals surface area contributed by atoms with E-state index < -0.39 is 0 Å². The number of hydrogen-bond donors (Lipinski definition) is 1. The Morgan fingerprint density at radius 3 is 2.10 bits per heavy atom. The second-order valence-corrected chi connectivity index (χ2v) is 7.69. The summed E-state index contributed by atoms with van der Waals surface area (Å²) in [5.74, 6) is 2.66. The Morgan fingerprint density at radius 1 is 0.903 bits per heavy atom. The predicted octanol–water partition coefficient (Wildman–Crippen LogP) is 3.36. The molecular weight excluding hydrogens is 396 g/mol. The van der Waals surface area contributed by atoms with Crippen LogP contribution in [0.1, 0.15) is 28.8 Å². The van der Waals surface area contributed by atoms with Crippen molar-refractivity contribution in [1.82, 2.24) is 10.2 Å². The molecule has 31 heavy (non-hydrogen) atoms. The van der Waals surface area contributed by atoms with E-state index in [1.807, 2.05) is 12.1 Å². The van der Waals surface area contributed by atoms with Crippen molar-refractivity contribution in [2.75, 3.05) is 48.1 Å². The largest absolute Gasteiger partial charge is 0.497 e. The summed E-state index contributed by atoms with van der Waals surface area (Å²) in [5.41, 5.74) is 1.73. The first-order chi connectivity index (χ1) is 15.1. The van der Waals surface area contributed by atoms with Crippen molar-refractivity contribution in [1.29, 1.82) is 0 Å². The first kappa shape index (κ1) is 22.7. The van der Waals surface area contributed by atoms with Crippen LogP contribution < -0.4 is 24.3 Å². The molecule has 1 heterocycles. The van der Waals surface area contributed by atoms with Crippen LogP contribution >= 0.6 is 0 Å². The summed E-state index contributed by atoms with van der Waals surface area (Å²) >= 11 is 0. The Kier molecular flexibility index (Phi) is 8.00. The van der Waals surface area contributed by atoms with E-state index in [0.29, 0.717) is 35.3 Å². The molecule has 1 aliphatic rings. The molecule has 0 atom stereocenters. The maximum Gasteiger partial charge on any atom is 0.255 e. The highest BCUT2D eigenvalue weighted by molar-refractivity contribution is 5.97. The van der Waals surface area contributed by atoms with Crippen molar-refractivity contribution in [3.8, 4) is 23.0 Å². The van der Waals surface area contributed by atoms with E-state index in [9.17, 15) is 4.79 Å². The van der Waals surface area contributed by atoms with Gasteiger partial charge in [-0.3, -0.25) is 9.69 Å². The van der Waals surface area contributed by atoms with Gasteiger partial charge in [-0.2, -0.15) is 0 Å². The summed E-state index contributed by atoms with van der Waals surface area (Å²) in [6.07, 6.45) is 2.11. The van der Waals surface area contributed by atoms with Crippen molar-refractivity contribution >= 4 is 5.91 Å². The molecule has 0 spiro atoms. The lowest BCUT2D eigenvalue weighted by Gasteiger charge is -2.32. The molecule has 0 bridgehead atoms. The fraction of sp³-hybridized carbons (Fsp3) is 0.458. The first-order valence-corrected chi connectivity index (χ1v) is 10.5. The van der Waals surface area contributed by atoms with Gasteiger partial charge in [-0.1, -0.05) is 12.1 Å². The van der Waals surface area contributed by atoms with Gasteiger partial charge in [-0.25, -0.2) is 0 Å². The third-order valence-corrected chi connectivity index (χ3v) is 5.77. The number of carbonyl (C=O) groups is 1. The van der Waals surface area contributed by atoms with E-state index in [4.69, 9.17) is 18.9 Å². The molecule has 2 aromatic rings. The lowest BCUT2D eigenvalue weighted by molar-refractivity contribution is 0.0931. The topological polar surface area (TPSA) is 69.3 Å². The van der Waals surface area contributed by atoms with Crippen LogP contribution in [0.15, 0.2) is 36.4 Å². The standard InChI is InChI=1S/C24H32N2O5/c1-28-19-7-5-18(6-8-19)16-26-11-9-17(10-12-26)15-25-24(27)20-13-22(30-3)23(31-4)14-21(20)29-2/h5-8,13-14,17H,9-12,15-16H2,1-4H3,(H,25,27). The molecular formula is C24H32N2O5. The molecule has 1 amide bonds. The summed E-state index contributed by atoms with van der Waals surface area (Å²) in [5, 5.41) is 3.06. The van der Waals surface area contributed by atoms with Gasteiger partial charge in [0.05, 0.1) is 34.0 Å². The molecule has 2 aromatic carbocycles. The third-order valence-electron chi connectivity index (χ3n) is 5.77. The minimum absolute atomic E-state index is 0.168. The van der Waals surface area contributed by atoms with Crippen LogP contribution in [0.25, 0.3) is 0 Å². The van der Waals surface area contributed by atoms with Crippen molar-refractivity contribution in [2.24, 2.45) is 5.92 Å². The van der Waals surface area contributed by atoms with Crippen LogP contribution in [-0.4, -0.2) is 58.9 Å². The molecule has 3 rings (SSSR count). The molecule has 0 saturated carbocycles. The lowest BCUT2D eigenvalue weighted by atomic mass is 9.96. The second-order valence-electron chi connectivity index (χ2n) is 7.69. The average molecular weight is 429 g/mol. The third kappa shape index (κ3) is 5.82. The summed E-state index contributed by atoms with van der Waals surface area (Å²) in [6.45, 7) is 3.62. The molecule has 1 N–H and O–H groups in total. The van der Waals surface area contributed by atoms with Crippen molar-refractivity contribution in [3.63, 3.8) is 0 Å². The van der Waals surface area contributed by atoms with Crippen molar-refractivity contribution in [3.05, 3.63) is 47.5 Å². The van der Waals surface area contributed by atoms with Gasteiger partial charge in [0.15, 0.2) is 11.5 Å². The van der Waals surface area contributed by atoms with E-state index >= 15 is 0 Å². The zero-order valence-corrected chi connectivity index (χ0v) is 18.8. The Bertz CT molecular complexity index is 861. The van der Waals surface area contributed by atoms with Gasteiger partial charge < -0.3 is 24.3 Å². The van der Waals surface area contributed by atoms with Crippen LogP contribution in [0.5, 0.6) is 23.0 Å². The zero-order chi connectivity index (χ0) is 22.2. The SMILES string of the molecule is COc1ccc(CN2CCC(CNC(=O)c3cc(OC)c(OC)cc3OC)CC2)cc1. The Balaban J connectivity index is 1.50. The Labute approximate surface area is 184 Å². The molecule has 0 aliphatic carbocycles. The minimum Gasteiger partial charge on any atom is -0.497 e. The summed E-state index contributed by atoms with van der Waals surface area (Å²) in [6, 6.07) is 11.6. The maximum absolute atomic E-state index is 12.8. The number of hydrogen-bond acceptors (Lipinski definition) is 6. The van der Waals surface area contributed by atoms with Crippen molar-refractivity contribution in [2.45, 2.75) is 19.4 Å². The average Bonchev–Trinajstić information content (AvgIpc) is 2.82. The molecule has 1 aliphatic heterocycles. The highest BCUT2D eigenvalue weighted by atomic mass is 16.5. The molecule has 0 aromatic heterocycles. The van der Waals surface area contributed by atoms with Crippen LogP contribution in [-0.2, 0) is 6.54 Å². The smallest absolute Gasteiger partial charge is 0.255 e. The van der Waals surface area contributed by atoms with Crippen LogP contribution in [0.2, 0.25) is 0 Å². The van der Waals surface area contributed by atoms with Gasteiger partial charge in [-0.05, 0) is 49.5 Å².